The van der Waals surface area contributed by atoms with Gasteiger partial charge >= 0.3 is 0 Å². The Morgan fingerprint density at radius 2 is 2.00 bits per heavy atom. The van der Waals surface area contributed by atoms with Crippen LogP contribution in [0.15, 0.2) is 43.0 Å². The van der Waals surface area contributed by atoms with Gasteiger partial charge in [0, 0.05) is 12.7 Å². The first-order valence-corrected chi connectivity index (χ1v) is 5.81. The Labute approximate surface area is 104 Å². The summed E-state index contributed by atoms with van der Waals surface area (Å²) in [4.78, 5) is 10.7. The molecule has 2 heteroatoms. The van der Waals surface area contributed by atoms with Crippen LogP contribution in [0.4, 0.5) is 0 Å². The van der Waals surface area contributed by atoms with Gasteiger partial charge in [-0.3, -0.25) is 4.79 Å². The third-order valence-electron chi connectivity index (χ3n) is 2.27. The number of aromatic nitrogens is 1. The van der Waals surface area contributed by atoms with E-state index in [9.17, 15) is 4.79 Å². The molecule has 92 valence electrons. The van der Waals surface area contributed by atoms with Gasteiger partial charge in [0.1, 0.15) is 0 Å². The summed E-state index contributed by atoms with van der Waals surface area (Å²) in [5, 5.41) is 0. The Balaban J connectivity index is 0.00000121. The number of allylic oxidation sites excluding steroid dienone is 5. The number of nitrogens with zero attached hydrogens (tertiary/aromatic N) is 1. The van der Waals surface area contributed by atoms with Gasteiger partial charge in [-0.1, -0.05) is 44.7 Å². The van der Waals surface area contributed by atoms with Gasteiger partial charge in [-0.2, -0.15) is 0 Å². The molecule has 17 heavy (non-hydrogen) atoms. The van der Waals surface area contributed by atoms with Crippen LogP contribution in [0.1, 0.15) is 37.0 Å². The second-order valence-electron chi connectivity index (χ2n) is 3.17. The highest BCUT2D eigenvalue weighted by Gasteiger charge is 2.05. The molecule has 0 fully saturated rings. The van der Waals surface area contributed by atoms with E-state index in [1.54, 1.807) is 12.1 Å². The molecule has 0 amide bonds. The van der Waals surface area contributed by atoms with Crippen molar-refractivity contribution in [2.75, 3.05) is 0 Å². The molecule has 0 aliphatic heterocycles. The summed E-state index contributed by atoms with van der Waals surface area (Å²) < 4.78 is 1.85. The summed E-state index contributed by atoms with van der Waals surface area (Å²) >= 11 is 0. The van der Waals surface area contributed by atoms with Gasteiger partial charge in [-0.25, -0.2) is 0 Å². The van der Waals surface area contributed by atoms with Crippen LogP contribution in [0, 0.1) is 0 Å². The molecule has 0 unspecified atom stereocenters. The van der Waals surface area contributed by atoms with Crippen molar-refractivity contribution in [1.82, 2.24) is 4.57 Å². The molecule has 0 atom stereocenters. The van der Waals surface area contributed by atoms with Crippen LogP contribution < -0.4 is 0 Å². The van der Waals surface area contributed by atoms with Crippen molar-refractivity contribution in [3.63, 3.8) is 0 Å². The highest BCUT2D eigenvalue weighted by Crippen LogP contribution is 2.17. The lowest BCUT2D eigenvalue weighted by Crippen LogP contribution is -1.98. The second kappa shape index (κ2) is 8.34. The van der Waals surface area contributed by atoms with Crippen LogP contribution in [0.25, 0.3) is 5.57 Å². The Kier molecular flexibility index (Phi) is 7.44. The van der Waals surface area contributed by atoms with Crippen molar-refractivity contribution in [2.45, 2.75) is 20.8 Å². The van der Waals surface area contributed by atoms with Crippen LogP contribution in [0.5, 0.6) is 0 Å². The van der Waals surface area contributed by atoms with Gasteiger partial charge in [0.25, 0.3) is 0 Å². The van der Waals surface area contributed by atoms with E-state index in [0.29, 0.717) is 5.69 Å². The molecular weight excluding hydrogens is 210 g/mol. The van der Waals surface area contributed by atoms with Gasteiger partial charge < -0.3 is 4.57 Å². The average Bonchev–Trinajstić information content (AvgIpc) is 2.74. The van der Waals surface area contributed by atoms with Crippen LogP contribution in [0.2, 0.25) is 0 Å². The minimum atomic E-state index is 0.665. The Bertz CT molecular complexity index is 422. The number of hydrogen-bond donors (Lipinski definition) is 0. The first-order chi connectivity index (χ1) is 8.24. The first-order valence-electron chi connectivity index (χ1n) is 5.81. The van der Waals surface area contributed by atoms with E-state index in [1.807, 2.05) is 56.7 Å². The largest absolute Gasteiger partial charge is 0.341 e. The zero-order valence-electron chi connectivity index (χ0n) is 11.1. The van der Waals surface area contributed by atoms with E-state index in [2.05, 4.69) is 6.58 Å². The third-order valence-corrected chi connectivity index (χ3v) is 2.27. The summed E-state index contributed by atoms with van der Waals surface area (Å²) in [5.41, 5.74) is 2.66. The van der Waals surface area contributed by atoms with Gasteiger partial charge in [0.05, 0.1) is 5.69 Å². The number of carbonyl (C=O) groups excluding carboxylic acids is 1. The van der Waals surface area contributed by atoms with E-state index in [-0.39, 0.29) is 0 Å². The van der Waals surface area contributed by atoms with Crippen molar-refractivity contribution < 1.29 is 4.79 Å². The fourth-order valence-corrected chi connectivity index (χ4v) is 1.39. The van der Waals surface area contributed by atoms with Gasteiger partial charge in [-0.05, 0) is 24.6 Å². The number of aldehydes is 1. The molecule has 0 aromatic carbocycles. The summed E-state index contributed by atoms with van der Waals surface area (Å²) in [6.07, 6.45) is 8.50. The highest BCUT2D eigenvalue weighted by atomic mass is 16.1. The fraction of sp³-hybridized carbons (Fsp3) is 0.267. The van der Waals surface area contributed by atoms with Crippen molar-refractivity contribution in [2.24, 2.45) is 7.05 Å². The quantitative estimate of drug-likeness (QED) is 0.567. The first kappa shape index (κ1) is 15.2. The molecular formula is C15H21NO. The van der Waals surface area contributed by atoms with Crippen molar-refractivity contribution in [1.29, 1.82) is 0 Å². The fourth-order valence-electron chi connectivity index (χ4n) is 1.39. The van der Waals surface area contributed by atoms with E-state index < -0.39 is 0 Å². The molecule has 1 aromatic heterocycles. The van der Waals surface area contributed by atoms with Gasteiger partial charge in [-0.15, -0.1) is 0 Å². The second-order valence-corrected chi connectivity index (χ2v) is 3.17. The maximum atomic E-state index is 10.7. The summed E-state index contributed by atoms with van der Waals surface area (Å²) in [6, 6.07) is 3.72. The molecule has 0 saturated heterocycles. The zero-order valence-corrected chi connectivity index (χ0v) is 11.1. The summed E-state index contributed by atoms with van der Waals surface area (Å²) in [6.45, 7) is 9.72. The minimum Gasteiger partial charge on any atom is -0.341 e. The number of rotatable bonds is 4. The Morgan fingerprint density at radius 1 is 1.35 bits per heavy atom. The SMILES string of the molecule is C=C/C(=C\C=C/C)c1ccc(C=O)n1C.CC. The normalized spacial score (nSPS) is 10.9. The molecule has 0 spiro atoms. The third kappa shape index (κ3) is 3.91. The summed E-state index contributed by atoms with van der Waals surface area (Å²) in [5.74, 6) is 0. The lowest BCUT2D eigenvalue weighted by atomic mass is 10.1. The molecule has 0 N–H and O–H groups in total. The maximum Gasteiger partial charge on any atom is 0.166 e. The van der Waals surface area contributed by atoms with E-state index in [1.165, 1.54) is 0 Å². The van der Waals surface area contributed by atoms with E-state index in [0.717, 1.165) is 17.6 Å². The predicted molar refractivity (Wildman–Crippen MR) is 75.1 cm³/mol. The van der Waals surface area contributed by atoms with Gasteiger partial charge in [0.2, 0.25) is 0 Å². The molecule has 0 radical (unpaired) electrons. The minimum absolute atomic E-state index is 0.665. The van der Waals surface area contributed by atoms with Crippen molar-refractivity contribution in [3.8, 4) is 0 Å². The lowest BCUT2D eigenvalue weighted by molar-refractivity contribution is 0.111. The van der Waals surface area contributed by atoms with Crippen LogP contribution >= 0.6 is 0 Å². The number of hydrogen-bond acceptors (Lipinski definition) is 1. The van der Waals surface area contributed by atoms with Crippen LogP contribution in [0.3, 0.4) is 0 Å². The molecule has 0 aliphatic carbocycles. The Hall–Kier alpha value is -1.83. The maximum absolute atomic E-state index is 10.7. The number of carbonyl (C=O) groups is 1. The van der Waals surface area contributed by atoms with E-state index in [4.69, 9.17) is 0 Å². The van der Waals surface area contributed by atoms with Crippen LogP contribution in [-0.2, 0) is 7.05 Å². The average molecular weight is 231 g/mol. The molecule has 1 aromatic rings. The zero-order chi connectivity index (χ0) is 13.3. The molecule has 0 saturated carbocycles. The highest BCUT2D eigenvalue weighted by molar-refractivity contribution is 5.78. The van der Waals surface area contributed by atoms with Crippen molar-refractivity contribution >= 4 is 11.9 Å². The molecule has 0 bridgehead atoms. The summed E-state index contributed by atoms with van der Waals surface area (Å²) in [7, 11) is 1.87. The smallest absolute Gasteiger partial charge is 0.166 e. The lowest BCUT2D eigenvalue weighted by Gasteiger charge is -2.04. The molecule has 0 aliphatic rings. The standard InChI is InChI=1S/C13H15NO.C2H6/c1-4-6-7-11(5-2)13-9-8-12(10-15)14(13)3;1-2/h4-10H,2H2,1,3H3;1-2H3/b6-4-,11-7+;. The topological polar surface area (TPSA) is 22.0 Å². The monoisotopic (exact) mass is 231 g/mol. The van der Waals surface area contributed by atoms with Crippen molar-refractivity contribution in [3.05, 3.63) is 54.4 Å². The predicted octanol–water partition coefficient (Wildman–Crippen LogP) is 4.01. The molecule has 2 nitrogen and oxygen atoms in total. The van der Waals surface area contributed by atoms with E-state index >= 15 is 0 Å². The van der Waals surface area contributed by atoms with Crippen LogP contribution in [-0.4, -0.2) is 10.9 Å². The van der Waals surface area contributed by atoms with Gasteiger partial charge in [0.15, 0.2) is 6.29 Å². The molecule has 1 rings (SSSR count). The Morgan fingerprint density at radius 3 is 2.41 bits per heavy atom. The molecule has 1 heterocycles.